The van der Waals surface area contributed by atoms with Crippen LogP contribution in [0.1, 0.15) is 88.7 Å². The summed E-state index contributed by atoms with van der Waals surface area (Å²) in [6, 6.07) is 3.98. The van der Waals surface area contributed by atoms with Gasteiger partial charge in [0.05, 0.1) is 11.4 Å². The molecule has 2 fully saturated rings. The van der Waals surface area contributed by atoms with Crippen molar-refractivity contribution >= 4 is 15.9 Å². The van der Waals surface area contributed by atoms with Crippen molar-refractivity contribution in [3.05, 3.63) is 29.2 Å². The Labute approximate surface area is 213 Å². The quantitative estimate of drug-likeness (QED) is 0.518. The highest BCUT2D eigenvalue weighted by atomic mass is 32.2. The fourth-order valence-electron chi connectivity index (χ4n) is 5.37. The van der Waals surface area contributed by atoms with E-state index in [1.54, 1.807) is 18.4 Å². The summed E-state index contributed by atoms with van der Waals surface area (Å²) in [6.07, 6.45) is 3.16. The molecule has 2 aromatic rings. The van der Waals surface area contributed by atoms with Crippen LogP contribution in [0.4, 0.5) is 13.5 Å². The van der Waals surface area contributed by atoms with Crippen LogP contribution in [0, 0.1) is 18.8 Å². The Balaban J connectivity index is 0.00000148. The molecule has 11 heteroatoms. The zero-order chi connectivity index (χ0) is 26.1. The molecule has 0 aromatic carbocycles. The number of hydrogen-bond acceptors (Lipinski definition) is 4. The van der Waals surface area contributed by atoms with Crippen molar-refractivity contribution in [1.82, 2.24) is 23.2 Å². The summed E-state index contributed by atoms with van der Waals surface area (Å²) in [7, 11) is -0.386. The summed E-state index contributed by atoms with van der Waals surface area (Å²) in [6.45, 7) is 10.0. The summed E-state index contributed by atoms with van der Waals surface area (Å²) in [5.41, 5.74) is 3.46. The van der Waals surface area contributed by atoms with Crippen molar-refractivity contribution in [1.29, 1.82) is 0 Å². The highest BCUT2D eigenvalue weighted by Crippen LogP contribution is 2.42. The summed E-state index contributed by atoms with van der Waals surface area (Å²) in [5.74, 6) is -2.77. The molecule has 0 N–H and O–H groups in total. The van der Waals surface area contributed by atoms with E-state index >= 15 is 0 Å². The lowest BCUT2D eigenvalue weighted by Crippen LogP contribution is -2.47. The monoisotopic (exact) mass is 533 g/mol. The molecule has 1 saturated carbocycles. The third kappa shape index (κ3) is 6.22. The van der Waals surface area contributed by atoms with Crippen molar-refractivity contribution < 1.29 is 21.9 Å². The first kappa shape index (κ1) is 30.5. The summed E-state index contributed by atoms with van der Waals surface area (Å²) < 4.78 is 57.7. The van der Waals surface area contributed by atoms with Gasteiger partial charge in [0.1, 0.15) is 0 Å². The van der Waals surface area contributed by atoms with Crippen molar-refractivity contribution in [3.63, 3.8) is 0 Å². The molecule has 0 amide bonds. The molecule has 0 spiro atoms. The number of aromatic nitrogens is 3. The molecule has 2 atom stereocenters. The number of hydrogen-bond donors (Lipinski definition) is 0. The minimum atomic E-state index is -3.50. The number of piperidine rings is 1. The maximum Gasteiger partial charge on any atom is 0.281 e. The Kier molecular flexibility index (Phi) is 9.97. The van der Waals surface area contributed by atoms with E-state index < -0.39 is 22.0 Å². The zero-order valence-electron chi connectivity index (χ0n) is 22.5. The first-order valence-corrected chi connectivity index (χ1v) is 14.2. The van der Waals surface area contributed by atoms with Crippen molar-refractivity contribution in [2.75, 3.05) is 27.2 Å². The fraction of sp³-hybridized carbons (Fsp3) is 0.760. The van der Waals surface area contributed by atoms with Gasteiger partial charge in [-0.05, 0) is 57.9 Å². The van der Waals surface area contributed by atoms with Crippen LogP contribution >= 0.6 is 0 Å². The number of aryl methyl sites for hydroxylation is 1. The van der Waals surface area contributed by atoms with E-state index in [2.05, 4.69) is 11.9 Å². The molecule has 7 nitrogen and oxygen atoms in total. The largest absolute Gasteiger partial charge is 0.281 e. The average molecular weight is 534 g/mol. The predicted octanol–water partition coefficient (Wildman–Crippen LogP) is 5.38. The van der Waals surface area contributed by atoms with Crippen LogP contribution in [0.2, 0.25) is 0 Å². The molecular weight excluding hydrogens is 491 g/mol. The number of rotatable bonds is 5. The van der Waals surface area contributed by atoms with Crippen LogP contribution in [-0.2, 0) is 10.2 Å². The maximum absolute atomic E-state index is 13.7. The van der Waals surface area contributed by atoms with Crippen LogP contribution in [-0.4, -0.2) is 64.7 Å². The van der Waals surface area contributed by atoms with E-state index in [1.165, 1.54) is 4.31 Å². The second kappa shape index (κ2) is 11.8. The van der Waals surface area contributed by atoms with Gasteiger partial charge in [-0.3, -0.25) is 4.70 Å². The van der Waals surface area contributed by atoms with E-state index in [0.717, 1.165) is 36.1 Å². The van der Waals surface area contributed by atoms with Gasteiger partial charge in [0.2, 0.25) is 5.92 Å². The molecule has 2 aliphatic rings. The molecule has 0 bridgehead atoms. The van der Waals surface area contributed by atoms with E-state index in [1.807, 2.05) is 37.4 Å². The standard InChI is InChI=1S/C23H35F2N5O2S.C2H6.FH/c1-15-10-11-29(33(31,32)28(4)5)14-19(15)21-12-16(2)26-22-13-20(27-30(21)22)17-6-8-18(9-7-17)23(3,24)25;1-2;/h12-13,15,17-19H,6-11,14H2,1-5H3;1-2H3;1H/t15-,17?,18?,19-;;/m0../s1. The normalized spacial score (nSPS) is 25.8. The summed E-state index contributed by atoms with van der Waals surface area (Å²) in [5, 5.41) is 4.88. The Morgan fingerprint density at radius 3 is 2.25 bits per heavy atom. The number of nitrogens with zero attached hydrogens (tertiary/aromatic N) is 5. The molecule has 4 rings (SSSR count). The molecule has 1 aliphatic heterocycles. The molecular formula is C25H42F3N5O2S. The molecule has 0 unspecified atom stereocenters. The van der Waals surface area contributed by atoms with Crippen molar-refractivity contribution in [2.45, 2.75) is 84.5 Å². The predicted molar refractivity (Wildman–Crippen MR) is 138 cm³/mol. The number of halogens is 3. The van der Waals surface area contributed by atoms with Gasteiger partial charge >= 0.3 is 0 Å². The average Bonchev–Trinajstić information content (AvgIpc) is 3.23. The van der Waals surface area contributed by atoms with Crippen LogP contribution in [0.25, 0.3) is 5.65 Å². The third-order valence-corrected chi connectivity index (χ3v) is 9.46. The SMILES string of the molecule is CC.Cc1cc([C@H]2CN(S(=O)(=O)N(C)C)CC[C@@H]2C)n2nc(C3CCC(C(C)(F)F)CC3)cc2n1.F. The second-order valence-electron chi connectivity index (χ2n) is 10.2. The summed E-state index contributed by atoms with van der Waals surface area (Å²) >= 11 is 0. The molecule has 206 valence electrons. The summed E-state index contributed by atoms with van der Waals surface area (Å²) in [4.78, 5) is 4.66. The lowest BCUT2D eigenvalue weighted by molar-refractivity contribution is -0.0547. The number of alkyl halides is 2. The zero-order valence-corrected chi connectivity index (χ0v) is 23.4. The first-order valence-electron chi connectivity index (χ1n) is 12.8. The lowest BCUT2D eigenvalue weighted by atomic mass is 9.78. The Hall–Kier alpha value is -1.72. The van der Waals surface area contributed by atoms with Gasteiger partial charge in [-0.2, -0.15) is 22.1 Å². The van der Waals surface area contributed by atoms with Crippen molar-refractivity contribution in [2.24, 2.45) is 11.8 Å². The van der Waals surface area contributed by atoms with Gasteiger partial charge in [0.15, 0.2) is 5.65 Å². The van der Waals surface area contributed by atoms with E-state index in [0.29, 0.717) is 44.7 Å². The van der Waals surface area contributed by atoms with Crippen molar-refractivity contribution in [3.8, 4) is 0 Å². The van der Waals surface area contributed by atoms with Gasteiger partial charge in [0.25, 0.3) is 10.2 Å². The second-order valence-corrected chi connectivity index (χ2v) is 12.3. The minimum absolute atomic E-state index is 0. The molecule has 3 heterocycles. The Morgan fingerprint density at radius 2 is 1.69 bits per heavy atom. The van der Waals surface area contributed by atoms with Gasteiger partial charge in [0, 0.05) is 56.7 Å². The maximum atomic E-state index is 13.7. The highest BCUT2D eigenvalue weighted by Gasteiger charge is 2.39. The fourth-order valence-corrected chi connectivity index (χ4v) is 6.52. The molecule has 0 radical (unpaired) electrons. The highest BCUT2D eigenvalue weighted by molar-refractivity contribution is 7.86. The minimum Gasteiger partial charge on any atom is -0.269 e. The molecule has 1 saturated heterocycles. The van der Waals surface area contributed by atoms with E-state index in [4.69, 9.17) is 5.10 Å². The van der Waals surface area contributed by atoms with Crippen LogP contribution < -0.4 is 0 Å². The van der Waals surface area contributed by atoms with Gasteiger partial charge in [-0.25, -0.2) is 18.3 Å². The topological polar surface area (TPSA) is 70.8 Å². The Morgan fingerprint density at radius 1 is 1.08 bits per heavy atom. The molecule has 36 heavy (non-hydrogen) atoms. The van der Waals surface area contributed by atoms with Gasteiger partial charge < -0.3 is 0 Å². The third-order valence-electron chi connectivity index (χ3n) is 7.55. The number of fused-ring (bicyclic) bond motifs is 1. The molecule has 1 aliphatic carbocycles. The first-order chi connectivity index (χ1) is 16.4. The Bertz CT molecular complexity index is 1110. The van der Waals surface area contributed by atoms with Gasteiger partial charge in [-0.1, -0.05) is 20.8 Å². The lowest BCUT2D eigenvalue weighted by Gasteiger charge is -2.37. The van der Waals surface area contributed by atoms with E-state index in [-0.39, 0.29) is 16.5 Å². The van der Waals surface area contributed by atoms with Crippen LogP contribution in [0.5, 0.6) is 0 Å². The van der Waals surface area contributed by atoms with Crippen LogP contribution in [0.15, 0.2) is 12.1 Å². The van der Waals surface area contributed by atoms with E-state index in [9.17, 15) is 17.2 Å². The molecule has 2 aromatic heterocycles. The smallest absolute Gasteiger partial charge is 0.269 e. The van der Waals surface area contributed by atoms with Gasteiger partial charge in [-0.15, -0.1) is 0 Å². The van der Waals surface area contributed by atoms with Crippen LogP contribution in [0.3, 0.4) is 0 Å².